The number of nitrogens with zero attached hydrogens (tertiary/aromatic N) is 1. The second kappa shape index (κ2) is 5.50. The van der Waals surface area contributed by atoms with E-state index in [1.54, 1.807) is 30.5 Å². The average Bonchev–Trinajstić information content (AvgIpc) is 3.02. The number of rotatable bonds is 4. The highest BCUT2D eigenvalue weighted by Crippen LogP contribution is 2.34. The van der Waals surface area contributed by atoms with Crippen molar-refractivity contribution in [2.24, 2.45) is 5.73 Å². The fourth-order valence-electron chi connectivity index (χ4n) is 2.11. The van der Waals surface area contributed by atoms with Gasteiger partial charge in [0, 0.05) is 6.20 Å². The van der Waals surface area contributed by atoms with Crippen molar-refractivity contribution >= 4 is 5.91 Å². The predicted molar refractivity (Wildman–Crippen MR) is 79.1 cm³/mol. The lowest BCUT2D eigenvalue weighted by Crippen LogP contribution is -2.13. The summed E-state index contributed by atoms with van der Waals surface area (Å²) < 4.78 is 5.87. The maximum absolute atomic E-state index is 11.7. The van der Waals surface area contributed by atoms with Crippen LogP contribution in [0, 0.1) is 0 Å². The van der Waals surface area contributed by atoms with Gasteiger partial charge in [-0.3, -0.25) is 9.89 Å². The highest BCUT2D eigenvalue weighted by molar-refractivity contribution is 6.01. The molecule has 0 aliphatic carbocycles. The number of aromatic nitrogens is 2. The minimum Gasteiger partial charge on any atom is -0.457 e. The highest BCUT2D eigenvalue weighted by Gasteiger charge is 2.17. The fraction of sp³-hybridized carbons (Fsp3) is 0. The molecule has 3 aromatic rings. The van der Waals surface area contributed by atoms with Crippen LogP contribution >= 0.6 is 0 Å². The standard InChI is InChI=1S/C16H13N3O2/c17-16(20)12-7-4-8-14(15(12)13-9-10-18-19-13)21-11-5-2-1-3-6-11/h1-10H,(H2,17,20)(H,18,19). The summed E-state index contributed by atoms with van der Waals surface area (Å²) in [6, 6.07) is 16.3. The third-order valence-corrected chi connectivity index (χ3v) is 3.03. The minimum atomic E-state index is -0.516. The Morgan fingerprint density at radius 1 is 1.05 bits per heavy atom. The van der Waals surface area contributed by atoms with Crippen LogP contribution in [0.25, 0.3) is 11.3 Å². The summed E-state index contributed by atoms with van der Waals surface area (Å²) in [6.07, 6.45) is 1.61. The second-order valence-corrected chi connectivity index (χ2v) is 4.43. The Balaban J connectivity index is 2.12. The first-order chi connectivity index (χ1) is 10.3. The van der Waals surface area contributed by atoms with E-state index in [0.717, 1.165) is 0 Å². The van der Waals surface area contributed by atoms with E-state index >= 15 is 0 Å². The first-order valence-electron chi connectivity index (χ1n) is 6.41. The molecule has 0 bridgehead atoms. The van der Waals surface area contributed by atoms with E-state index in [1.807, 2.05) is 30.3 Å². The van der Waals surface area contributed by atoms with E-state index in [4.69, 9.17) is 10.5 Å². The Labute approximate surface area is 121 Å². The van der Waals surface area contributed by atoms with Gasteiger partial charge in [0.2, 0.25) is 5.91 Å². The zero-order valence-electron chi connectivity index (χ0n) is 11.1. The maximum Gasteiger partial charge on any atom is 0.249 e. The normalized spacial score (nSPS) is 10.3. The zero-order chi connectivity index (χ0) is 14.7. The number of carbonyl (C=O) groups is 1. The Morgan fingerprint density at radius 2 is 1.86 bits per heavy atom. The van der Waals surface area contributed by atoms with Crippen LogP contribution in [0.2, 0.25) is 0 Å². The number of nitrogens with two attached hydrogens (primary N) is 1. The van der Waals surface area contributed by atoms with Crippen molar-refractivity contribution in [2.75, 3.05) is 0 Å². The van der Waals surface area contributed by atoms with Crippen molar-refractivity contribution in [3.05, 3.63) is 66.4 Å². The van der Waals surface area contributed by atoms with Crippen LogP contribution in [0.5, 0.6) is 11.5 Å². The summed E-state index contributed by atoms with van der Waals surface area (Å²) in [4.78, 5) is 11.7. The number of hydrogen-bond acceptors (Lipinski definition) is 3. The van der Waals surface area contributed by atoms with Crippen molar-refractivity contribution in [2.45, 2.75) is 0 Å². The van der Waals surface area contributed by atoms with Gasteiger partial charge in [0.25, 0.3) is 0 Å². The van der Waals surface area contributed by atoms with Gasteiger partial charge in [-0.15, -0.1) is 0 Å². The zero-order valence-corrected chi connectivity index (χ0v) is 11.1. The molecule has 1 aromatic heterocycles. The van der Waals surface area contributed by atoms with Gasteiger partial charge < -0.3 is 10.5 Å². The molecule has 0 aliphatic rings. The van der Waals surface area contributed by atoms with Crippen molar-refractivity contribution in [3.8, 4) is 22.8 Å². The summed E-state index contributed by atoms with van der Waals surface area (Å²) in [7, 11) is 0. The van der Waals surface area contributed by atoms with E-state index in [0.29, 0.717) is 28.3 Å². The number of carbonyl (C=O) groups excluding carboxylic acids is 1. The van der Waals surface area contributed by atoms with E-state index in [9.17, 15) is 4.79 Å². The van der Waals surface area contributed by atoms with Crippen LogP contribution in [0.1, 0.15) is 10.4 Å². The summed E-state index contributed by atoms with van der Waals surface area (Å²) in [5.41, 5.74) is 7.12. The van der Waals surface area contributed by atoms with Gasteiger partial charge in [-0.25, -0.2) is 0 Å². The lowest BCUT2D eigenvalue weighted by Gasteiger charge is -2.12. The van der Waals surface area contributed by atoms with Gasteiger partial charge in [0.1, 0.15) is 11.5 Å². The molecule has 0 spiro atoms. The van der Waals surface area contributed by atoms with Crippen LogP contribution < -0.4 is 10.5 Å². The number of aromatic amines is 1. The smallest absolute Gasteiger partial charge is 0.249 e. The molecule has 5 heteroatoms. The second-order valence-electron chi connectivity index (χ2n) is 4.43. The van der Waals surface area contributed by atoms with Crippen LogP contribution in [0.15, 0.2) is 60.8 Å². The van der Waals surface area contributed by atoms with Crippen molar-refractivity contribution < 1.29 is 9.53 Å². The SMILES string of the molecule is NC(=O)c1cccc(Oc2ccccc2)c1-c1ccn[nH]1. The third kappa shape index (κ3) is 2.62. The number of H-pyrrole nitrogens is 1. The molecular formula is C16H13N3O2. The molecule has 0 saturated heterocycles. The number of hydrogen-bond donors (Lipinski definition) is 2. The summed E-state index contributed by atoms with van der Waals surface area (Å²) >= 11 is 0. The van der Waals surface area contributed by atoms with E-state index in [-0.39, 0.29) is 0 Å². The Morgan fingerprint density at radius 3 is 2.52 bits per heavy atom. The molecule has 1 heterocycles. The molecule has 0 atom stereocenters. The Kier molecular flexibility index (Phi) is 3.39. The molecule has 5 nitrogen and oxygen atoms in total. The molecular weight excluding hydrogens is 266 g/mol. The fourth-order valence-corrected chi connectivity index (χ4v) is 2.11. The molecule has 3 N–H and O–H groups in total. The molecule has 21 heavy (non-hydrogen) atoms. The number of benzene rings is 2. The number of nitrogens with one attached hydrogen (secondary N) is 1. The number of amides is 1. The highest BCUT2D eigenvalue weighted by atomic mass is 16.5. The van der Waals surface area contributed by atoms with Crippen molar-refractivity contribution in [1.82, 2.24) is 10.2 Å². The van der Waals surface area contributed by atoms with E-state index in [2.05, 4.69) is 10.2 Å². The minimum absolute atomic E-state index is 0.382. The Bertz CT molecular complexity index is 752. The predicted octanol–water partition coefficient (Wildman–Crippen LogP) is 2.97. The van der Waals surface area contributed by atoms with Crippen molar-refractivity contribution in [1.29, 1.82) is 0 Å². The summed E-state index contributed by atoms with van der Waals surface area (Å²) in [5, 5.41) is 6.75. The van der Waals surface area contributed by atoms with E-state index in [1.165, 1.54) is 0 Å². The first-order valence-corrected chi connectivity index (χ1v) is 6.41. The Hall–Kier alpha value is -3.08. The van der Waals surface area contributed by atoms with Gasteiger partial charge in [-0.05, 0) is 30.3 Å². The quantitative estimate of drug-likeness (QED) is 0.770. The molecule has 0 radical (unpaired) electrons. The number of ether oxygens (including phenoxy) is 1. The summed E-state index contributed by atoms with van der Waals surface area (Å²) in [5.74, 6) is 0.708. The summed E-state index contributed by atoms with van der Waals surface area (Å²) in [6.45, 7) is 0. The molecule has 0 aliphatic heterocycles. The maximum atomic E-state index is 11.7. The van der Waals surface area contributed by atoms with Crippen LogP contribution in [0.4, 0.5) is 0 Å². The molecule has 0 saturated carbocycles. The number of primary amides is 1. The molecule has 2 aromatic carbocycles. The van der Waals surface area contributed by atoms with Gasteiger partial charge in [0.05, 0.1) is 16.8 Å². The molecule has 3 rings (SSSR count). The topological polar surface area (TPSA) is 81.0 Å². The largest absolute Gasteiger partial charge is 0.457 e. The third-order valence-electron chi connectivity index (χ3n) is 3.03. The van der Waals surface area contributed by atoms with E-state index < -0.39 is 5.91 Å². The van der Waals surface area contributed by atoms with Gasteiger partial charge >= 0.3 is 0 Å². The molecule has 0 fully saturated rings. The number of para-hydroxylation sites is 1. The lowest BCUT2D eigenvalue weighted by atomic mass is 10.0. The molecule has 1 amide bonds. The van der Waals surface area contributed by atoms with Crippen molar-refractivity contribution in [3.63, 3.8) is 0 Å². The first kappa shape index (κ1) is 12.9. The molecule has 0 unspecified atom stereocenters. The van der Waals surface area contributed by atoms with Gasteiger partial charge in [0.15, 0.2) is 0 Å². The van der Waals surface area contributed by atoms with Gasteiger partial charge in [-0.2, -0.15) is 5.10 Å². The molecule has 104 valence electrons. The van der Waals surface area contributed by atoms with Crippen LogP contribution in [0.3, 0.4) is 0 Å². The average molecular weight is 279 g/mol. The van der Waals surface area contributed by atoms with Gasteiger partial charge in [-0.1, -0.05) is 24.3 Å². The van der Waals surface area contributed by atoms with Crippen LogP contribution in [-0.4, -0.2) is 16.1 Å². The lowest BCUT2D eigenvalue weighted by molar-refractivity contribution is 0.100. The van der Waals surface area contributed by atoms with Crippen LogP contribution in [-0.2, 0) is 0 Å². The monoisotopic (exact) mass is 279 g/mol.